The molecule has 2 aromatic heterocycles. The van der Waals surface area contributed by atoms with Crippen LogP contribution in [0, 0.1) is 19.7 Å². The van der Waals surface area contributed by atoms with Crippen molar-refractivity contribution in [2.24, 2.45) is 0 Å². The molecule has 0 bridgehead atoms. The number of pyridine rings is 2. The van der Waals surface area contributed by atoms with E-state index in [0.29, 0.717) is 29.4 Å². The monoisotopic (exact) mass is 501 g/mol. The number of hydrogen-bond acceptors (Lipinski definition) is 5. The molecule has 0 saturated heterocycles. The summed E-state index contributed by atoms with van der Waals surface area (Å²) < 4.78 is 27.9. The molecule has 2 heterocycles. The molecule has 0 saturated carbocycles. The molecule has 0 atom stereocenters. The van der Waals surface area contributed by atoms with Gasteiger partial charge in [-0.3, -0.25) is 19.1 Å². The third-order valence-corrected chi connectivity index (χ3v) is 5.98. The fraction of sp³-hybridized carbons (Fsp3) is 0.207. The molecular weight excluding hydrogens is 473 g/mol. The van der Waals surface area contributed by atoms with Gasteiger partial charge in [-0.05, 0) is 55.3 Å². The van der Waals surface area contributed by atoms with Crippen molar-refractivity contribution in [2.75, 3.05) is 21.2 Å². The van der Waals surface area contributed by atoms with Crippen molar-refractivity contribution < 1.29 is 18.7 Å². The van der Waals surface area contributed by atoms with Gasteiger partial charge in [0.05, 0.1) is 24.1 Å². The number of methoxy groups -OCH3 is 1. The smallest absolute Gasteiger partial charge is 0.259 e. The number of aromatic nitrogens is 2. The molecule has 4 rings (SSSR count). The zero-order valence-corrected chi connectivity index (χ0v) is 21.4. The first-order valence-corrected chi connectivity index (χ1v) is 11.7. The van der Waals surface area contributed by atoms with E-state index in [-0.39, 0.29) is 16.7 Å². The second-order valence-corrected chi connectivity index (χ2v) is 8.87. The van der Waals surface area contributed by atoms with Crippen molar-refractivity contribution in [2.45, 2.75) is 20.5 Å². The minimum Gasteiger partial charge on any atom is -0.497 e. The molecule has 0 aliphatic heterocycles. The molecule has 0 unspecified atom stereocenters. The largest absolute Gasteiger partial charge is 0.497 e. The number of carbonyl (C=O) groups excluding carboxylic acids is 1. The lowest BCUT2D eigenvalue weighted by Gasteiger charge is -2.16. The summed E-state index contributed by atoms with van der Waals surface area (Å²) in [6, 6.07) is 17.0. The Labute approximate surface area is 214 Å². The predicted octanol–water partition coefficient (Wildman–Crippen LogP) is 4.94. The van der Waals surface area contributed by atoms with Gasteiger partial charge in [-0.25, -0.2) is 4.39 Å². The average Bonchev–Trinajstić information content (AvgIpc) is 2.88. The highest BCUT2D eigenvalue weighted by Gasteiger charge is 2.19. The fourth-order valence-electron chi connectivity index (χ4n) is 3.99. The van der Waals surface area contributed by atoms with Gasteiger partial charge in [-0.1, -0.05) is 18.2 Å². The second kappa shape index (κ2) is 10.7. The fourth-order valence-corrected chi connectivity index (χ4v) is 3.99. The number of ether oxygens (including phenoxy) is 2. The number of halogens is 1. The van der Waals surface area contributed by atoms with Crippen LogP contribution in [0.2, 0.25) is 0 Å². The maximum absolute atomic E-state index is 15.3. The molecule has 8 heteroatoms. The maximum Gasteiger partial charge on any atom is 0.259 e. The summed E-state index contributed by atoms with van der Waals surface area (Å²) >= 11 is 0. The van der Waals surface area contributed by atoms with Crippen LogP contribution in [0.4, 0.5) is 4.39 Å². The van der Waals surface area contributed by atoms with Crippen molar-refractivity contribution in [3.05, 3.63) is 105 Å². The zero-order valence-electron chi connectivity index (χ0n) is 21.4. The number of nitrogens with zero attached hydrogens (tertiary/aromatic N) is 3. The molecule has 0 N–H and O–H groups in total. The molecule has 0 spiro atoms. The summed E-state index contributed by atoms with van der Waals surface area (Å²) in [7, 11) is 4.74. The van der Waals surface area contributed by atoms with Crippen LogP contribution in [0.1, 0.15) is 27.2 Å². The van der Waals surface area contributed by atoms with Crippen molar-refractivity contribution in [3.63, 3.8) is 0 Å². The van der Waals surface area contributed by atoms with Crippen molar-refractivity contribution in [3.8, 4) is 28.4 Å². The quantitative estimate of drug-likeness (QED) is 0.359. The Morgan fingerprint density at radius 2 is 1.76 bits per heavy atom. The van der Waals surface area contributed by atoms with E-state index in [1.54, 1.807) is 58.6 Å². The third kappa shape index (κ3) is 5.38. The topological polar surface area (TPSA) is 73.7 Å². The van der Waals surface area contributed by atoms with E-state index < -0.39 is 11.7 Å². The Hall–Kier alpha value is -4.46. The molecular formula is C29H28FN3O4. The van der Waals surface area contributed by atoms with Gasteiger partial charge in [0.1, 0.15) is 23.9 Å². The van der Waals surface area contributed by atoms with Crippen molar-refractivity contribution in [1.82, 2.24) is 14.5 Å². The first kappa shape index (κ1) is 25.6. The van der Waals surface area contributed by atoms with Crippen LogP contribution in [0.25, 0.3) is 16.9 Å². The van der Waals surface area contributed by atoms with Gasteiger partial charge in [-0.2, -0.15) is 0 Å². The third-order valence-electron chi connectivity index (χ3n) is 5.98. The van der Waals surface area contributed by atoms with Gasteiger partial charge < -0.3 is 14.4 Å². The average molecular weight is 502 g/mol. The van der Waals surface area contributed by atoms with Crippen LogP contribution < -0.4 is 15.0 Å². The molecule has 37 heavy (non-hydrogen) atoms. The minimum atomic E-state index is -0.658. The first-order valence-electron chi connectivity index (χ1n) is 11.7. The first-order chi connectivity index (χ1) is 17.7. The van der Waals surface area contributed by atoms with Crippen LogP contribution in [-0.2, 0) is 6.61 Å². The summed E-state index contributed by atoms with van der Waals surface area (Å²) in [5.74, 6) is 0.103. The van der Waals surface area contributed by atoms with Crippen molar-refractivity contribution >= 4 is 5.91 Å². The molecule has 0 fully saturated rings. The summed E-state index contributed by atoms with van der Waals surface area (Å²) in [6.45, 7) is 3.93. The van der Waals surface area contributed by atoms with Gasteiger partial charge in [0.15, 0.2) is 0 Å². The molecule has 0 aliphatic rings. The summed E-state index contributed by atoms with van der Waals surface area (Å²) in [4.78, 5) is 31.2. The Morgan fingerprint density at radius 1 is 1.03 bits per heavy atom. The van der Waals surface area contributed by atoms with Gasteiger partial charge in [-0.15, -0.1) is 0 Å². The van der Waals surface area contributed by atoms with Gasteiger partial charge >= 0.3 is 0 Å². The number of amides is 1. The van der Waals surface area contributed by atoms with E-state index in [1.165, 1.54) is 21.6 Å². The van der Waals surface area contributed by atoms with Gasteiger partial charge in [0.2, 0.25) is 0 Å². The molecule has 1 amide bonds. The Kier molecular flexibility index (Phi) is 7.38. The molecule has 7 nitrogen and oxygen atoms in total. The Morgan fingerprint density at radius 3 is 2.41 bits per heavy atom. The van der Waals surface area contributed by atoms with E-state index >= 15 is 4.39 Å². The summed E-state index contributed by atoms with van der Waals surface area (Å²) in [5.41, 5.74) is 3.06. The predicted molar refractivity (Wildman–Crippen MR) is 140 cm³/mol. The lowest BCUT2D eigenvalue weighted by molar-refractivity contribution is 0.0823. The van der Waals surface area contributed by atoms with E-state index in [9.17, 15) is 9.59 Å². The molecule has 0 radical (unpaired) electrons. The van der Waals surface area contributed by atoms with Crippen LogP contribution in [0.5, 0.6) is 11.5 Å². The molecule has 190 valence electrons. The molecule has 2 aromatic carbocycles. The van der Waals surface area contributed by atoms with Gasteiger partial charge in [0.25, 0.3) is 11.5 Å². The number of aryl methyl sites for hydroxylation is 2. The SMILES string of the molecule is COc1ccc(COc2cc(C)n(-c3cc(-c4cccc(C(=O)N(C)C)c4F)ncc3C)c(=O)c2)cc1. The van der Waals surface area contributed by atoms with E-state index in [2.05, 4.69) is 4.98 Å². The number of hydrogen-bond donors (Lipinski definition) is 0. The second-order valence-electron chi connectivity index (χ2n) is 8.87. The van der Waals surface area contributed by atoms with Gasteiger partial charge in [0, 0.05) is 43.7 Å². The van der Waals surface area contributed by atoms with Crippen LogP contribution in [0.3, 0.4) is 0 Å². The zero-order chi connectivity index (χ0) is 26.7. The molecule has 4 aromatic rings. The maximum atomic E-state index is 15.3. The van der Waals surface area contributed by atoms with Crippen LogP contribution in [-0.4, -0.2) is 41.6 Å². The standard InChI is InChI=1S/C29H28FN3O4/c1-18-16-31-25(23-7-6-8-24(28(23)30)29(35)32(3)4)15-26(18)33-19(2)13-22(14-27(33)34)37-17-20-9-11-21(36-5)12-10-20/h6-16H,17H2,1-5H3. The molecule has 0 aliphatic carbocycles. The normalized spacial score (nSPS) is 10.8. The van der Waals surface area contributed by atoms with Crippen LogP contribution >= 0.6 is 0 Å². The van der Waals surface area contributed by atoms with Crippen molar-refractivity contribution in [1.29, 1.82) is 0 Å². The summed E-state index contributed by atoms with van der Waals surface area (Å²) in [5, 5.41) is 0. The number of rotatable bonds is 7. The number of carbonyl (C=O) groups is 1. The van der Waals surface area contributed by atoms with E-state index in [0.717, 1.165) is 16.9 Å². The van der Waals surface area contributed by atoms with E-state index in [4.69, 9.17) is 9.47 Å². The van der Waals surface area contributed by atoms with Crippen LogP contribution in [0.15, 0.2) is 71.7 Å². The lowest BCUT2D eigenvalue weighted by Crippen LogP contribution is -2.23. The number of benzene rings is 2. The highest BCUT2D eigenvalue weighted by Crippen LogP contribution is 2.27. The Bertz CT molecular complexity index is 1510. The highest BCUT2D eigenvalue weighted by atomic mass is 19.1. The summed E-state index contributed by atoms with van der Waals surface area (Å²) in [6.07, 6.45) is 1.59. The Balaban J connectivity index is 1.67. The minimum absolute atomic E-state index is 0.0434. The lowest BCUT2D eigenvalue weighted by atomic mass is 10.0. The highest BCUT2D eigenvalue weighted by molar-refractivity contribution is 5.95. The van der Waals surface area contributed by atoms with E-state index in [1.807, 2.05) is 31.2 Å².